The Morgan fingerprint density at radius 3 is 2.35 bits per heavy atom. The number of imidazole rings is 1. The molecule has 2 unspecified atom stereocenters. The number of carbonyl (C=O) groups is 3. The molecular formula is C32H34F2N6O9. The van der Waals surface area contributed by atoms with Crippen LogP contribution >= 0.6 is 0 Å². The molecule has 1 amide bonds. The summed E-state index contributed by atoms with van der Waals surface area (Å²) in [6, 6.07) is 5.67. The van der Waals surface area contributed by atoms with E-state index in [0.29, 0.717) is 66.2 Å². The zero-order valence-corrected chi connectivity index (χ0v) is 26.2. The Kier molecular flexibility index (Phi) is 9.10. The van der Waals surface area contributed by atoms with Gasteiger partial charge in [0.25, 0.3) is 0 Å². The van der Waals surface area contributed by atoms with E-state index in [-0.39, 0.29) is 16.7 Å². The molecule has 260 valence electrons. The number of likely N-dealkylation sites (tertiary alicyclic amines) is 1. The number of aliphatic carboxylic acids is 2. The number of phenolic OH excluding ortho intramolecular Hbond substituents is 1. The SMILES string of the molecule is CCc1cc(O)c(F)cc1-c1cc(F)c2c(-c3nc4c([nH]3)CCN(C(=O)CN3CC5(COC5)C3)C4)n[nH]c2c1.O=C(O)C(O)C(O)C(=O)O. The highest BCUT2D eigenvalue weighted by Gasteiger charge is 2.49. The van der Waals surface area contributed by atoms with Crippen LogP contribution in [0.2, 0.25) is 0 Å². The van der Waals surface area contributed by atoms with Crippen molar-refractivity contribution in [3.05, 3.63) is 52.9 Å². The number of carbonyl (C=O) groups excluding carboxylic acids is 1. The Morgan fingerprint density at radius 1 is 1.04 bits per heavy atom. The summed E-state index contributed by atoms with van der Waals surface area (Å²) < 4.78 is 35.0. The van der Waals surface area contributed by atoms with Crippen molar-refractivity contribution >= 4 is 28.7 Å². The second-order valence-corrected chi connectivity index (χ2v) is 12.5. The third kappa shape index (κ3) is 6.57. The number of aliphatic hydroxyl groups excluding tert-OH is 2. The Bertz CT molecular complexity index is 1920. The molecule has 3 aliphatic rings. The molecule has 15 nitrogen and oxygen atoms in total. The van der Waals surface area contributed by atoms with Gasteiger partial charge in [-0.2, -0.15) is 5.10 Å². The number of fused-ring (bicyclic) bond motifs is 2. The summed E-state index contributed by atoms with van der Waals surface area (Å²) in [7, 11) is 0. The Hall–Kier alpha value is -4.97. The summed E-state index contributed by atoms with van der Waals surface area (Å²) >= 11 is 0. The normalized spacial score (nSPS) is 17.8. The van der Waals surface area contributed by atoms with Crippen LogP contribution in [0.3, 0.4) is 0 Å². The van der Waals surface area contributed by atoms with Crippen molar-refractivity contribution in [3.63, 3.8) is 0 Å². The van der Waals surface area contributed by atoms with Crippen molar-refractivity contribution in [2.45, 2.75) is 38.5 Å². The first-order valence-electron chi connectivity index (χ1n) is 15.5. The van der Waals surface area contributed by atoms with Crippen molar-refractivity contribution in [2.75, 3.05) is 39.4 Å². The van der Waals surface area contributed by atoms with E-state index in [9.17, 15) is 23.9 Å². The fraction of sp³-hybridized carbons (Fsp3) is 0.406. The lowest BCUT2D eigenvalue weighted by Gasteiger charge is -2.55. The number of aromatic hydroxyl groups is 1. The average Bonchev–Trinajstić information content (AvgIpc) is 3.66. The van der Waals surface area contributed by atoms with Gasteiger partial charge >= 0.3 is 11.9 Å². The molecule has 3 aliphatic heterocycles. The third-order valence-corrected chi connectivity index (χ3v) is 8.99. The topological polar surface area (TPSA) is 225 Å². The number of aromatic nitrogens is 4. The molecule has 0 saturated carbocycles. The van der Waals surface area contributed by atoms with Crippen LogP contribution in [0.25, 0.3) is 33.5 Å². The number of amides is 1. The molecule has 49 heavy (non-hydrogen) atoms. The number of phenols is 1. The molecule has 0 radical (unpaired) electrons. The number of carboxylic acid groups (broad SMARTS) is 2. The first-order valence-corrected chi connectivity index (χ1v) is 15.5. The van der Waals surface area contributed by atoms with Gasteiger partial charge in [-0.3, -0.25) is 14.8 Å². The van der Waals surface area contributed by atoms with Gasteiger partial charge in [-0.05, 0) is 47.4 Å². The summed E-state index contributed by atoms with van der Waals surface area (Å²) in [5.74, 6) is -4.72. The third-order valence-electron chi connectivity index (χ3n) is 8.99. The molecule has 1 spiro atoms. The second kappa shape index (κ2) is 13.1. The van der Waals surface area contributed by atoms with Crippen LogP contribution < -0.4 is 0 Å². The minimum atomic E-state index is -2.27. The van der Waals surface area contributed by atoms with Gasteiger partial charge in [0.1, 0.15) is 11.5 Å². The predicted octanol–water partition coefficient (Wildman–Crippen LogP) is 1.26. The molecule has 2 fully saturated rings. The van der Waals surface area contributed by atoms with Gasteiger partial charge in [0.2, 0.25) is 5.91 Å². The van der Waals surface area contributed by atoms with Gasteiger partial charge in [-0.25, -0.2) is 23.4 Å². The van der Waals surface area contributed by atoms with Gasteiger partial charge in [0.15, 0.2) is 29.6 Å². The highest BCUT2D eigenvalue weighted by Crippen LogP contribution is 2.38. The van der Waals surface area contributed by atoms with Gasteiger partial charge in [0, 0.05) is 37.2 Å². The first kappa shape index (κ1) is 33.9. The zero-order chi connectivity index (χ0) is 35.2. The van der Waals surface area contributed by atoms with Crippen LogP contribution in [0.15, 0.2) is 24.3 Å². The van der Waals surface area contributed by atoms with Crippen molar-refractivity contribution < 1.29 is 53.4 Å². The van der Waals surface area contributed by atoms with E-state index in [1.54, 1.807) is 6.07 Å². The number of carboxylic acids is 2. The summed E-state index contributed by atoms with van der Waals surface area (Å²) in [6.45, 7) is 6.68. The van der Waals surface area contributed by atoms with Gasteiger partial charge < -0.3 is 40.2 Å². The average molecular weight is 685 g/mol. The number of hydrogen-bond acceptors (Lipinski definition) is 10. The number of nitrogens with zero attached hydrogens (tertiary/aromatic N) is 4. The van der Waals surface area contributed by atoms with Crippen molar-refractivity contribution in [3.8, 4) is 28.4 Å². The number of rotatable bonds is 8. The monoisotopic (exact) mass is 684 g/mol. The second-order valence-electron chi connectivity index (χ2n) is 12.5. The number of nitrogens with one attached hydrogen (secondary N) is 2. The first-order chi connectivity index (χ1) is 23.3. The number of aryl methyl sites for hydroxylation is 1. The maximum atomic E-state index is 15.5. The Labute approximate surface area is 276 Å². The maximum Gasteiger partial charge on any atom is 0.335 e. The summed E-state index contributed by atoms with van der Waals surface area (Å²) in [4.78, 5) is 44.4. The van der Waals surface area contributed by atoms with Crippen molar-refractivity contribution in [2.24, 2.45) is 5.41 Å². The van der Waals surface area contributed by atoms with E-state index in [2.05, 4.69) is 20.1 Å². The van der Waals surface area contributed by atoms with Crippen molar-refractivity contribution in [1.82, 2.24) is 30.0 Å². The van der Waals surface area contributed by atoms with E-state index in [4.69, 9.17) is 30.1 Å². The van der Waals surface area contributed by atoms with E-state index in [0.717, 1.165) is 37.7 Å². The smallest absolute Gasteiger partial charge is 0.335 e. The van der Waals surface area contributed by atoms with Crippen molar-refractivity contribution in [1.29, 1.82) is 0 Å². The summed E-state index contributed by atoms with van der Waals surface area (Å²) in [6.07, 6.45) is -3.36. The lowest BCUT2D eigenvalue weighted by Crippen LogP contribution is -2.67. The minimum Gasteiger partial charge on any atom is -0.505 e. The molecular weight excluding hydrogens is 650 g/mol. The van der Waals surface area contributed by atoms with E-state index in [1.165, 1.54) is 18.2 Å². The number of benzene rings is 2. The zero-order valence-electron chi connectivity index (χ0n) is 26.2. The quantitative estimate of drug-likeness (QED) is 0.139. The Balaban J connectivity index is 0.000000365. The molecule has 2 aromatic heterocycles. The van der Waals surface area contributed by atoms with Gasteiger partial charge in [-0.1, -0.05) is 6.92 Å². The number of H-pyrrole nitrogens is 2. The van der Waals surface area contributed by atoms with Crippen LogP contribution in [0.5, 0.6) is 5.75 Å². The fourth-order valence-electron chi connectivity index (χ4n) is 6.36. The molecule has 2 saturated heterocycles. The maximum absolute atomic E-state index is 15.5. The lowest BCUT2D eigenvalue weighted by atomic mass is 9.78. The number of halogens is 2. The molecule has 7 rings (SSSR count). The molecule has 0 aliphatic carbocycles. The Morgan fingerprint density at radius 2 is 1.73 bits per heavy atom. The molecule has 5 heterocycles. The molecule has 7 N–H and O–H groups in total. The van der Waals surface area contributed by atoms with Crippen LogP contribution in [-0.2, 0) is 38.5 Å². The number of ether oxygens (including phenoxy) is 1. The largest absolute Gasteiger partial charge is 0.505 e. The molecule has 4 aromatic rings. The van der Waals surface area contributed by atoms with Gasteiger partial charge in [-0.15, -0.1) is 0 Å². The van der Waals surface area contributed by atoms with Crippen LogP contribution in [-0.4, -0.2) is 125 Å². The highest BCUT2D eigenvalue weighted by atomic mass is 19.1. The predicted molar refractivity (Wildman–Crippen MR) is 166 cm³/mol. The van der Waals surface area contributed by atoms with Crippen LogP contribution in [0, 0.1) is 17.0 Å². The summed E-state index contributed by atoms with van der Waals surface area (Å²) in [5.41, 5.74) is 4.45. The standard InChI is InChI=1S/C28H28F2N6O3.C4H6O6/c1-2-15-7-23(37)18(29)8-17(15)16-5-19(30)25-21(6-16)33-34-26(25)27-31-20-3-4-36(9-22(20)32-27)24(38)10-35-11-28(12-35)13-39-14-28;5-1(3(7)8)2(6)4(9)10/h5-8,37H,2-4,9-14H2,1H3,(H,31,32)(H,33,34);1-2,5-6H,(H,7,8)(H,9,10). The van der Waals surface area contributed by atoms with Crippen LogP contribution in [0.4, 0.5) is 8.78 Å². The van der Waals surface area contributed by atoms with E-state index >= 15 is 4.39 Å². The molecule has 17 heteroatoms. The number of aliphatic hydroxyl groups is 2. The number of hydrogen-bond donors (Lipinski definition) is 7. The van der Waals surface area contributed by atoms with Gasteiger partial charge in [0.05, 0.1) is 42.9 Å². The highest BCUT2D eigenvalue weighted by molar-refractivity contribution is 5.95. The lowest BCUT2D eigenvalue weighted by molar-refractivity contribution is -0.191. The molecule has 2 atom stereocenters. The van der Waals surface area contributed by atoms with E-state index < -0.39 is 41.5 Å². The molecule has 2 aromatic carbocycles. The minimum absolute atomic E-state index is 0.0844. The molecule has 0 bridgehead atoms. The van der Waals surface area contributed by atoms with E-state index in [1.807, 2.05) is 11.8 Å². The number of aromatic amines is 2. The van der Waals surface area contributed by atoms with Crippen LogP contribution in [0.1, 0.15) is 23.9 Å². The fourth-order valence-corrected chi connectivity index (χ4v) is 6.36. The summed E-state index contributed by atoms with van der Waals surface area (Å²) in [5, 5.41) is 49.8.